The van der Waals surface area contributed by atoms with E-state index < -0.39 is 0 Å². The predicted octanol–water partition coefficient (Wildman–Crippen LogP) is 5.76. The molecule has 0 bridgehead atoms. The Morgan fingerprint density at radius 2 is 1.85 bits per heavy atom. The smallest absolute Gasteiger partial charge is 0.251 e. The molecule has 2 aromatic carbocycles. The Bertz CT molecular complexity index is 976. The molecule has 0 aliphatic heterocycles. The molecule has 3 rings (SSSR count). The maximum absolute atomic E-state index is 12.8. The number of aromatic nitrogens is 1. The Morgan fingerprint density at radius 3 is 2.52 bits per heavy atom. The molecule has 1 amide bonds. The Morgan fingerprint density at radius 1 is 1.11 bits per heavy atom. The van der Waals surface area contributed by atoms with Crippen molar-refractivity contribution in [1.82, 2.24) is 9.88 Å². The fraction of sp³-hybridized carbons (Fsp3) is 0.375. The summed E-state index contributed by atoms with van der Waals surface area (Å²) in [6, 6.07) is 16.6. The molecule has 3 nitrogen and oxygen atoms in total. The number of benzene rings is 2. The van der Waals surface area contributed by atoms with Gasteiger partial charge in [-0.25, -0.2) is 0 Å². The van der Waals surface area contributed by atoms with Crippen LogP contribution in [-0.2, 0) is 12.0 Å². The van der Waals surface area contributed by atoms with Crippen LogP contribution in [0.1, 0.15) is 67.8 Å². The summed E-state index contributed by atoms with van der Waals surface area (Å²) in [5.41, 5.74) is 5.54. The van der Waals surface area contributed by atoms with Gasteiger partial charge in [-0.3, -0.25) is 4.79 Å². The van der Waals surface area contributed by atoms with Crippen molar-refractivity contribution < 1.29 is 4.79 Å². The number of amides is 1. The van der Waals surface area contributed by atoms with E-state index in [0.717, 1.165) is 17.6 Å². The van der Waals surface area contributed by atoms with Crippen LogP contribution in [0.5, 0.6) is 0 Å². The van der Waals surface area contributed by atoms with Crippen molar-refractivity contribution in [3.63, 3.8) is 0 Å². The molecular weight excluding hydrogens is 332 g/mol. The van der Waals surface area contributed by atoms with Crippen LogP contribution in [-0.4, -0.2) is 10.5 Å². The quantitative estimate of drug-likeness (QED) is 0.629. The summed E-state index contributed by atoms with van der Waals surface area (Å²) in [7, 11) is 0. The third-order valence-electron chi connectivity index (χ3n) is 5.29. The predicted molar refractivity (Wildman–Crippen MR) is 113 cm³/mol. The highest BCUT2D eigenvalue weighted by Crippen LogP contribution is 2.26. The molecule has 1 N–H and O–H groups in total. The molecule has 0 fully saturated rings. The van der Waals surface area contributed by atoms with E-state index in [1.54, 1.807) is 0 Å². The molecule has 0 aliphatic carbocycles. The van der Waals surface area contributed by atoms with Crippen LogP contribution in [0.25, 0.3) is 10.9 Å². The Kier molecular flexibility index (Phi) is 5.14. The number of carbonyl (C=O) groups is 1. The molecule has 0 radical (unpaired) electrons. The van der Waals surface area contributed by atoms with Gasteiger partial charge in [0.15, 0.2) is 0 Å². The lowest BCUT2D eigenvalue weighted by atomic mass is 9.85. The van der Waals surface area contributed by atoms with Crippen LogP contribution in [0.4, 0.5) is 0 Å². The summed E-state index contributed by atoms with van der Waals surface area (Å²) >= 11 is 0. The Labute approximate surface area is 162 Å². The van der Waals surface area contributed by atoms with Crippen molar-refractivity contribution in [2.45, 2.75) is 59.5 Å². The van der Waals surface area contributed by atoms with E-state index in [9.17, 15) is 4.79 Å². The normalized spacial score (nSPS) is 13.0. The summed E-state index contributed by atoms with van der Waals surface area (Å²) in [5, 5.41) is 4.33. The summed E-state index contributed by atoms with van der Waals surface area (Å²) in [6.45, 7) is 13.8. The first kappa shape index (κ1) is 19.2. The molecule has 3 heteroatoms. The zero-order chi connectivity index (χ0) is 19.8. The highest BCUT2D eigenvalue weighted by atomic mass is 16.1. The van der Waals surface area contributed by atoms with Gasteiger partial charge in [-0.1, -0.05) is 51.1 Å². The molecule has 1 atom stereocenters. The molecule has 0 aliphatic rings. The minimum Gasteiger partial charge on any atom is -0.346 e. The van der Waals surface area contributed by atoms with E-state index >= 15 is 0 Å². The monoisotopic (exact) mass is 362 g/mol. The lowest BCUT2D eigenvalue weighted by Crippen LogP contribution is -2.27. The SMILES string of the molecule is CCn1c(C)cc2ccc(C(=O)N[C@@H](C)c3cccc(C(C)(C)C)c3)cc21. The topological polar surface area (TPSA) is 34.0 Å². The number of fused-ring (bicyclic) bond motifs is 1. The zero-order valence-corrected chi connectivity index (χ0v) is 17.3. The molecule has 0 saturated heterocycles. The first-order valence-corrected chi connectivity index (χ1v) is 9.72. The van der Waals surface area contributed by atoms with E-state index in [2.05, 4.69) is 74.8 Å². The van der Waals surface area contributed by atoms with Crippen molar-refractivity contribution in [2.24, 2.45) is 0 Å². The fourth-order valence-electron chi connectivity index (χ4n) is 3.59. The number of rotatable bonds is 4. The number of hydrogen-bond acceptors (Lipinski definition) is 1. The molecule has 27 heavy (non-hydrogen) atoms. The van der Waals surface area contributed by atoms with Crippen LogP contribution in [0.15, 0.2) is 48.5 Å². The van der Waals surface area contributed by atoms with Gasteiger partial charge in [0.05, 0.1) is 6.04 Å². The molecule has 0 unspecified atom stereocenters. The number of aryl methyl sites for hydroxylation is 2. The molecule has 142 valence electrons. The molecular formula is C24H30N2O. The maximum atomic E-state index is 12.8. The average Bonchev–Trinajstić information content (AvgIpc) is 2.95. The standard InChI is InChI=1S/C24H30N2O/c1-7-26-16(2)13-19-11-12-20(15-22(19)26)23(27)25-17(3)18-9-8-10-21(14-18)24(4,5)6/h8-15,17H,7H2,1-6H3,(H,25,27)/t17-/m0/s1. The van der Waals surface area contributed by atoms with E-state index in [4.69, 9.17) is 0 Å². The van der Waals surface area contributed by atoms with Crippen molar-refractivity contribution in [1.29, 1.82) is 0 Å². The van der Waals surface area contributed by atoms with Gasteiger partial charge in [0.1, 0.15) is 0 Å². The van der Waals surface area contributed by atoms with Gasteiger partial charge < -0.3 is 9.88 Å². The lowest BCUT2D eigenvalue weighted by molar-refractivity contribution is 0.0940. The lowest BCUT2D eigenvalue weighted by Gasteiger charge is -2.22. The largest absolute Gasteiger partial charge is 0.346 e. The molecule has 3 aromatic rings. The van der Waals surface area contributed by atoms with Gasteiger partial charge in [-0.05, 0) is 60.9 Å². The van der Waals surface area contributed by atoms with E-state index in [1.807, 2.05) is 25.1 Å². The van der Waals surface area contributed by atoms with Gasteiger partial charge in [0, 0.05) is 23.3 Å². The third kappa shape index (κ3) is 3.92. The van der Waals surface area contributed by atoms with Crippen LogP contribution in [0, 0.1) is 6.92 Å². The fourth-order valence-corrected chi connectivity index (χ4v) is 3.59. The zero-order valence-electron chi connectivity index (χ0n) is 17.3. The van der Waals surface area contributed by atoms with Crippen LogP contribution < -0.4 is 5.32 Å². The van der Waals surface area contributed by atoms with Crippen LogP contribution >= 0.6 is 0 Å². The molecule has 1 aromatic heterocycles. The van der Waals surface area contributed by atoms with Crippen LogP contribution in [0.3, 0.4) is 0 Å². The molecule has 1 heterocycles. The molecule has 0 saturated carbocycles. The van der Waals surface area contributed by atoms with Crippen molar-refractivity contribution in [2.75, 3.05) is 0 Å². The number of nitrogens with one attached hydrogen (secondary N) is 1. The number of nitrogens with zero attached hydrogens (tertiary/aromatic N) is 1. The Balaban J connectivity index is 1.84. The second-order valence-corrected chi connectivity index (χ2v) is 8.37. The summed E-state index contributed by atoms with van der Waals surface area (Å²) in [4.78, 5) is 12.8. The molecule has 0 spiro atoms. The highest BCUT2D eigenvalue weighted by molar-refractivity contribution is 5.98. The van der Waals surface area contributed by atoms with Gasteiger partial charge >= 0.3 is 0 Å². The maximum Gasteiger partial charge on any atom is 0.251 e. The van der Waals surface area contributed by atoms with Crippen LogP contribution in [0.2, 0.25) is 0 Å². The average molecular weight is 363 g/mol. The van der Waals surface area contributed by atoms with Gasteiger partial charge in [-0.2, -0.15) is 0 Å². The van der Waals surface area contributed by atoms with Crippen molar-refractivity contribution in [3.05, 3.63) is 70.9 Å². The van der Waals surface area contributed by atoms with E-state index in [1.165, 1.54) is 16.6 Å². The van der Waals surface area contributed by atoms with Gasteiger partial charge in [-0.15, -0.1) is 0 Å². The third-order valence-corrected chi connectivity index (χ3v) is 5.29. The second-order valence-electron chi connectivity index (χ2n) is 8.37. The highest BCUT2D eigenvalue weighted by Gasteiger charge is 2.17. The summed E-state index contributed by atoms with van der Waals surface area (Å²) < 4.78 is 2.24. The summed E-state index contributed by atoms with van der Waals surface area (Å²) in [5.74, 6) is -0.0351. The van der Waals surface area contributed by atoms with Crippen molar-refractivity contribution in [3.8, 4) is 0 Å². The number of hydrogen-bond donors (Lipinski definition) is 1. The second kappa shape index (κ2) is 7.22. The van der Waals surface area contributed by atoms with Gasteiger partial charge in [0.2, 0.25) is 0 Å². The minimum atomic E-state index is -0.0461. The Hall–Kier alpha value is -2.55. The first-order chi connectivity index (χ1) is 12.7. The van der Waals surface area contributed by atoms with E-state index in [-0.39, 0.29) is 17.4 Å². The minimum absolute atomic E-state index is 0.0351. The number of carbonyl (C=O) groups excluding carboxylic acids is 1. The van der Waals surface area contributed by atoms with Crippen molar-refractivity contribution >= 4 is 16.8 Å². The van der Waals surface area contributed by atoms with Gasteiger partial charge in [0.25, 0.3) is 5.91 Å². The summed E-state index contributed by atoms with van der Waals surface area (Å²) in [6.07, 6.45) is 0. The van der Waals surface area contributed by atoms with E-state index in [0.29, 0.717) is 5.56 Å². The first-order valence-electron chi connectivity index (χ1n) is 9.72.